The molecular formula is C56H96O13Si2. The summed E-state index contributed by atoms with van der Waals surface area (Å²) in [5.74, 6) is -0.266. The van der Waals surface area contributed by atoms with Crippen LogP contribution >= 0.6 is 0 Å². The fraction of sp³-hybridized carbons (Fsp3) is 0.929. The predicted molar refractivity (Wildman–Crippen MR) is 278 cm³/mol. The van der Waals surface area contributed by atoms with E-state index in [0.29, 0.717) is 61.8 Å². The lowest BCUT2D eigenvalue weighted by atomic mass is 9.72. The van der Waals surface area contributed by atoms with E-state index < -0.39 is 56.7 Å². The molecular weight excluding hydrogens is 937 g/mol. The van der Waals surface area contributed by atoms with Crippen LogP contribution in [0.2, 0.25) is 34.8 Å². The Hall–Kier alpha value is -1.09. The summed E-state index contributed by atoms with van der Waals surface area (Å²) in [5.41, 5.74) is -1.95. The van der Waals surface area contributed by atoms with E-state index in [-0.39, 0.29) is 90.5 Å². The first-order valence-corrected chi connectivity index (χ1v) is 32.9. The molecule has 0 unspecified atom stereocenters. The highest BCUT2D eigenvalue weighted by Crippen LogP contribution is 2.56. The average molecular weight is 1030 g/mol. The molecule has 0 radical (unpaired) electrons. The van der Waals surface area contributed by atoms with E-state index in [1.54, 1.807) is 6.08 Å². The van der Waals surface area contributed by atoms with Crippen molar-refractivity contribution in [3.05, 3.63) is 12.2 Å². The van der Waals surface area contributed by atoms with Crippen molar-refractivity contribution < 1.29 is 61.1 Å². The summed E-state index contributed by atoms with van der Waals surface area (Å²) in [6.45, 7) is 40.1. The summed E-state index contributed by atoms with van der Waals surface area (Å²) in [5, 5.41) is 0.0193. The summed E-state index contributed by atoms with van der Waals surface area (Å²) >= 11 is 0. The molecule has 0 N–H and O–H groups in total. The highest BCUT2D eigenvalue weighted by molar-refractivity contribution is 6.77. The summed E-state index contributed by atoms with van der Waals surface area (Å²) in [6, 6.07) is 0. The predicted octanol–water partition coefficient (Wildman–Crippen LogP) is 10.9. The van der Waals surface area contributed by atoms with Gasteiger partial charge in [0.2, 0.25) is 8.32 Å². The van der Waals surface area contributed by atoms with Gasteiger partial charge < -0.3 is 51.5 Å². The van der Waals surface area contributed by atoms with Crippen LogP contribution in [0, 0.1) is 5.41 Å². The van der Waals surface area contributed by atoms with E-state index in [9.17, 15) is 9.59 Å². The fourth-order valence-corrected chi connectivity index (χ4v) is 20.7. The van der Waals surface area contributed by atoms with E-state index in [0.717, 1.165) is 25.7 Å². The molecule has 0 saturated carbocycles. The van der Waals surface area contributed by atoms with Crippen molar-refractivity contribution >= 4 is 28.4 Å². The van der Waals surface area contributed by atoms with Crippen molar-refractivity contribution in [2.24, 2.45) is 5.41 Å². The number of esters is 1. The number of hydrogen-bond acceptors (Lipinski definition) is 13. The first-order valence-electron chi connectivity index (χ1n) is 27.9. The normalized spacial score (nSPS) is 43.0. The standard InChI is InChI=1S/C56H96O13Si2/c1-33(2)71(34(3)4,35(5)6)68-49-26-36(20-19-25-59-50(58)51(7,8)9)61-48-29-47-53(13,69-56(48,49)16)30-43-40(64-47)27-42-38(62-43)23-24-45-54(14,67-42)32-55(15)46(65-45)28-41-39(66-55)22-21-37(57)44(63-41)31-60-70(17,18)52(10,11)12/h21-22,33-36,38-49H,19-20,23-32H2,1-18H3/t36-,38+,39+,40+,41-,42-,43-,44+,45-,46+,47-,48+,49-,53+,54+,55-,56+/m0/s1. The Kier molecular flexibility index (Phi) is 15.8. The van der Waals surface area contributed by atoms with Crippen molar-refractivity contribution in [1.29, 1.82) is 0 Å². The molecule has 15 heteroatoms. The lowest BCUT2D eigenvalue weighted by Crippen LogP contribution is -2.73. The Morgan fingerprint density at radius 2 is 1.38 bits per heavy atom. The second-order valence-electron chi connectivity index (χ2n) is 27.5. The SMILES string of the molecule is CC(C)[Si](O[C@H]1C[C@H](CCCOC(=O)C(C)(C)C)O[C@@H]2C[C@@H]3O[C@@H]4C[C@@H]5O[C@]6(C)C[C@]7(C)O[C@@H]8C=CC(=O)[C@@H](CO[Si](C)(C)C(C)(C)C)O[C@H]8C[C@H]7O[C@H]6CC[C@H]5O[C@H]4C[C@@]3(C)O[C@@]12C)(C(C)C)C(C)C. The van der Waals surface area contributed by atoms with Gasteiger partial charge in [-0.2, -0.15) is 0 Å². The van der Waals surface area contributed by atoms with Gasteiger partial charge in [0.05, 0.1) is 103 Å². The number of rotatable bonds is 12. The molecule has 8 aliphatic heterocycles. The minimum atomic E-state index is -2.34. The second kappa shape index (κ2) is 20.0. The van der Waals surface area contributed by atoms with Crippen LogP contribution in [-0.4, -0.2) is 143 Å². The van der Waals surface area contributed by atoms with Gasteiger partial charge in [-0.05, 0) is 121 Å². The molecule has 17 atom stereocenters. The van der Waals surface area contributed by atoms with Gasteiger partial charge in [-0.15, -0.1) is 0 Å². The van der Waals surface area contributed by atoms with Crippen molar-refractivity contribution in [3.63, 3.8) is 0 Å². The largest absolute Gasteiger partial charge is 0.465 e. The first-order chi connectivity index (χ1) is 32.8. The summed E-state index contributed by atoms with van der Waals surface area (Å²) in [4.78, 5) is 26.0. The summed E-state index contributed by atoms with van der Waals surface area (Å²) < 4.78 is 77.0. The third kappa shape index (κ3) is 10.8. The monoisotopic (exact) mass is 1030 g/mol. The van der Waals surface area contributed by atoms with Gasteiger partial charge in [0, 0.05) is 38.5 Å². The van der Waals surface area contributed by atoms with E-state index in [4.69, 9.17) is 51.5 Å². The molecule has 8 heterocycles. The Labute approximate surface area is 430 Å². The molecule has 8 rings (SSSR count). The van der Waals surface area contributed by atoms with E-state index >= 15 is 0 Å². The third-order valence-electron chi connectivity index (χ3n) is 19.1. The summed E-state index contributed by atoms with van der Waals surface area (Å²) in [6.07, 6.45) is 7.49. The van der Waals surface area contributed by atoms with Gasteiger partial charge in [0.15, 0.2) is 14.1 Å². The molecule has 406 valence electrons. The van der Waals surface area contributed by atoms with Crippen molar-refractivity contribution in [1.82, 2.24) is 0 Å². The van der Waals surface area contributed by atoms with Gasteiger partial charge in [-0.25, -0.2) is 0 Å². The number of ether oxygens (including phenoxy) is 9. The van der Waals surface area contributed by atoms with Gasteiger partial charge in [0.1, 0.15) is 17.8 Å². The topological polar surface area (TPSA) is 136 Å². The molecule has 0 spiro atoms. The molecule has 0 aromatic rings. The highest BCUT2D eigenvalue weighted by Gasteiger charge is 2.66. The highest BCUT2D eigenvalue weighted by atomic mass is 28.4. The van der Waals surface area contributed by atoms with Gasteiger partial charge in [-0.3, -0.25) is 9.59 Å². The smallest absolute Gasteiger partial charge is 0.311 e. The quantitative estimate of drug-likeness (QED) is 0.104. The molecule has 71 heavy (non-hydrogen) atoms. The van der Waals surface area contributed by atoms with E-state index in [2.05, 4.69) is 103 Å². The lowest BCUT2D eigenvalue weighted by molar-refractivity contribution is -0.368. The van der Waals surface area contributed by atoms with Gasteiger partial charge in [0.25, 0.3) is 0 Å². The minimum Gasteiger partial charge on any atom is -0.465 e. The number of ketones is 1. The van der Waals surface area contributed by atoms with Crippen LogP contribution in [0.3, 0.4) is 0 Å². The van der Waals surface area contributed by atoms with Crippen LogP contribution in [-0.2, 0) is 61.1 Å². The third-order valence-corrected chi connectivity index (χ3v) is 29.7. The molecule has 7 saturated heterocycles. The van der Waals surface area contributed by atoms with Crippen LogP contribution < -0.4 is 0 Å². The second-order valence-corrected chi connectivity index (χ2v) is 37.8. The van der Waals surface area contributed by atoms with Crippen LogP contribution in [0.5, 0.6) is 0 Å². The molecule has 8 aliphatic rings. The van der Waals surface area contributed by atoms with E-state index in [1.165, 1.54) is 0 Å². The van der Waals surface area contributed by atoms with Crippen LogP contribution in [0.1, 0.15) is 175 Å². The minimum absolute atomic E-state index is 0.0193. The van der Waals surface area contributed by atoms with Crippen molar-refractivity contribution in [2.45, 2.75) is 311 Å². The van der Waals surface area contributed by atoms with E-state index in [1.807, 2.05) is 26.8 Å². The van der Waals surface area contributed by atoms with Gasteiger partial charge in [-0.1, -0.05) is 62.3 Å². The van der Waals surface area contributed by atoms with Crippen molar-refractivity contribution in [2.75, 3.05) is 13.2 Å². The van der Waals surface area contributed by atoms with Gasteiger partial charge >= 0.3 is 5.97 Å². The number of carbonyl (C=O) groups excluding carboxylic acids is 2. The molecule has 13 nitrogen and oxygen atoms in total. The first kappa shape index (κ1) is 56.1. The maximum atomic E-state index is 13.4. The number of carbonyl (C=O) groups is 2. The molecule has 0 aromatic carbocycles. The molecule has 0 aromatic heterocycles. The molecule has 0 aliphatic carbocycles. The Morgan fingerprint density at radius 3 is 2.03 bits per heavy atom. The molecule has 0 amide bonds. The van der Waals surface area contributed by atoms with Crippen LogP contribution in [0.15, 0.2) is 12.2 Å². The molecule has 7 fully saturated rings. The number of fused-ring (bicyclic) bond motifs is 7. The van der Waals surface area contributed by atoms with Crippen LogP contribution in [0.25, 0.3) is 0 Å². The zero-order chi connectivity index (χ0) is 52.1. The zero-order valence-corrected chi connectivity index (χ0v) is 49.2. The Morgan fingerprint density at radius 1 is 0.718 bits per heavy atom. The lowest BCUT2D eigenvalue weighted by Gasteiger charge is -2.63. The van der Waals surface area contributed by atoms with Crippen molar-refractivity contribution in [3.8, 4) is 0 Å². The number of hydrogen-bond donors (Lipinski definition) is 0. The fourth-order valence-electron chi connectivity index (χ4n) is 14.1. The van der Waals surface area contributed by atoms with Crippen LogP contribution in [0.4, 0.5) is 0 Å². The zero-order valence-electron chi connectivity index (χ0n) is 47.2. The molecule has 0 bridgehead atoms. The maximum Gasteiger partial charge on any atom is 0.311 e. The Balaban J connectivity index is 0.962. The Bertz CT molecular complexity index is 1920. The maximum absolute atomic E-state index is 13.4. The summed E-state index contributed by atoms with van der Waals surface area (Å²) in [7, 11) is -4.44. The average Bonchev–Trinajstić information content (AvgIpc) is 3.47.